The number of rotatable bonds is 4. The van der Waals surface area contributed by atoms with Gasteiger partial charge in [-0.25, -0.2) is 0 Å². The van der Waals surface area contributed by atoms with Gasteiger partial charge in [0.05, 0.1) is 5.56 Å². The van der Waals surface area contributed by atoms with Crippen LogP contribution in [-0.4, -0.2) is 23.4 Å². The zero-order chi connectivity index (χ0) is 18.6. The van der Waals surface area contributed by atoms with E-state index in [1.165, 1.54) is 31.3 Å². The van der Waals surface area contributed by atoms with Crippen LogP contribution in [0.2, 0.25) is 0 Å². The number of aromatic nitrogens is 1. The van der Waals surface area contributed by atoms with Crippen molar-refractivity contribution in [3.8, 4) is 0 Å². The third-order valence-electron chi connectivity index (χ3n) is 3.26. The number of hydrogen-bond donors (Lipinski definition) is 2. The molecule has 1 aromatic heterocycles. The lowest BCUT2D eigenvalue weighted by Crippen LogP contribution is -2.28. The molecule has 0 atom stereocenters. The smallest absolute Gasteiger partial charge is 0.355 e. The Morgan fingerprint density at radius 3 is 2.52 bits per heavy atom. The van der Waals surface area contributed by atoms with Crippen molar-refractivity contribution in [1.82, 2.24) is 9.88 Å². The first-order valence-electron chi connectivity index (χ1n) is 7.10. The van der Waals surface area contributed by atoms with E-state index in [-0.39, 0.29) is 11.6 Å². The van der Waals surface area contributed by atoms with Crippen LogP contribution in [0.3, 0.4) is 0 Å². The molecule has 2 aromatic rings. The molecule has 2 amide bonds. The Morgan fingerprint density at radius 1 is 1.16 bits per heavy atom. The van der Waals surface area contributed by atoms with Crippen molar-refractivity contribution in [2.24, 2.45) is 0 Å². The predicted molar refractivity (Wildman–Crippen MR) is 84.2 cm³/mol. The van der Waals surface area contributed by atoms with Crippen molar-refractivity contribution in [3.05, 3.63) is 64.1 Å². The molecule has 0 aliphatic heterocycles. The van der Waals surface area contributed by atoms with Crippen molar-refractivity contribution >= 4 is 17.5 Å². The quantitative estimate of drug-likeness (QED) is 0.881. The molecule has 25 heavy (non-hydrogen) atoms. The second-order valence-corrected chi connectivity index (χ2v) is 5.09. The van der Waals surface area contributed by atoms with Crippen LogP contribution in [0, 0.1) is 0 Å². The maximum atomic E-state index is 12.7. The summed E-state index contributed by atoms with van der Waals surface area (Å²) in [4.78, 5) is 35.2. The SMILES string of the molecule is CNC(=O)c1cccc(NC(=O)Cn2cc(C(F)(F)F)ccc2=O)c1. The summed E-state index contributed by atoms with van der Waals surface area (Å²) in [5.74, 6) is -1.05. The first kappa shape index (κ1) is 18.2. The molecule has 0 bridgehead atoms. The Hall–Kier alpha value is -3.10. The van der Waals surface area contributed by atoms with Gasteiger partial charge in [0.2, 0.25) is 5.91 Å². The van der Waals surface area contributed by atoms with Crippen LogP contribution in [0.25, 0.3) is 0 Å². The van der Waals surface area contributed by atoms with Gasteiger partial charge in [-0.15, -0.1) is 0 Å². The van der Waals surface area contributed by atoms with Gasteiger partial charge in [-0.1, -0.05) is 6.07 Å². The van der Waals surface area contributed by atoms with Gasteiger partial charge in [0.15, 0.2) is 0 Å². The average Bonchev–Trinajstić information content (AvgIpc) is 2.55. The molecule has 132 valence electrons. The van der Waals surface area contributed by atoms with Gasteiger partial charge in [-0.3, -0.25) is 14.4 Å². The van der Waals surface area contributed by atoms with Crippen molar-refractivity contribution in [1.29, 1.82) is 0 Å². The maximum absolute atomic E-state index is 12.7. The third-order valence-corrected chi connectivity index (χ3v) is 3.26. The van der Waals surface area contributed by atoms with E-state index < -0.39 is 29.8 Å². The van der Waals surface area contributed by atoms with Gasteiger partial charge >= 0.3 is 6.18 Å². The fourth-order valence-electron chi connectivity index (χ4n) is 2.06. The molecule has 0 unspecified atom stereocenters. The van der Waals surface area contributed by atoms with Crippen LogP contribution in [-0.2, 0) is 17.5 Å². The molecule has 0 aliphatic carbocycles. The average molecular weight is 353 g/mol. The summed E-state index contributed by atoms with van der Waals surface area (Å²) >= 11 is 0. The third kappa shape index (κ3) is 4.69. The van der Waals surface area contributed by atoms with E-state index in [0.29, 0.717) is 22.4 Å². The maximum Gasteiger partial charge on any atom is 0.417 e. The molecule has 0 radical (unpaired) electrons. The van der Waals surface area contributed by atoms with E-state index in [1.54, 1.807) is 0 Å². The first-order valence-corrected chi connectivity index (χ1v) is 7.10. The zero-order valence-electron chi connectivity index (χ0n) is 13.1. The summed E-state index contributed by atoms with van der Waals surface area (Å²) < 4.78 is 38.7. The number of pyridine rings is 1. The van der Waals surface area contributed by atoms with Gasteiger partial charge in [-0.2, -0.15) is 13.2 Å². The molecular weight excluding hydrogens is 339 g/mol. The molecule has 9 heteroatoms. The molecule has 0 fully saturated rings. The number of amides is 2. The number of nitrogens with one attached hydrogen (secondary N) is 2. The summed E-state index contributed by atoms with van der Waals surface area (Å²) in [7, 11) is 1.45. The second-order valence-electron chi connectivity index (χ2n) is 5.09. The van der Waals surface area contributed by atoms with Gasteiger partial charge in [0.25, 0.3) is 11.5 Å². The number of benzene rings is 1. The molecule has 1 aromatic carbocycles. The monoisotopic (exact) mass is 353 g/mol. The first-order chi connectivity index (χ1) is 11.7. The van der Waals surface area contributed by atoms with Crippen LogP contribution >= 0.6 is 0 Å². The Labute approximate surface area is 140 Å². The number of alkyl halides is 3. The Kier molecular flexibility index (Phi) is 5.26. The summed E-state index contributed by atoms with van der Waals surface area (Å²) in [6.07, 6.45) is -4.03. The van der Waals surface area contributed by atoms with Gasteiger partial charge in [0, 0.05) is 30.6 Å². The highest BCUT2D eigenvalue weighted by molar-refractivity contribution is 5.97. The van der Waals surface area contributed by atoms with E-state index >= 15 is 0 Å². The zero-order valence-corrected chi connectivity index (χ0v) is 13.1. The Morgan fingerprint density at radius 2 is 1.88 bits per heavy atom. The molecule has 0 saturated carbocycles. The highest BCUT2D eigenvalue weighted by Crippen LogP contribution is 2.28. The summed E-state index contributed by atoms with van der Waals surface area (Å²) in [5.41, 5.74) is -1.17. The van der Waals surface area contributed by atoms with E-state index in [2.05, 4.69) is 10.6 Å². The topological polar surface area (TPSA) is 80.2 Å². The lowest BCUT2D eigenvalue weighted by molar-refractivity contribution is -0.138. The number of carbonyl (C=O) groups excluding carboxylic acids is 2. The molecule has 1 heterocycles. The minimum Gasteiger partial charge on any atom is -0.355 e. The highest BCUT2D eigenvalue weighted by atomic mass is 19.4. The van der Waals surface area contributed by atoms with Crippen LogP contribution in [0.1, 0.15) is 15.9 Å². The van der Waals surface area contributed by atoms with Gasteiger partial charge in [0.1, 0.15) is 6.54 Å². The van der Waals surface area contributed by atoms with Crippen LogP contribution in [0.4, 0.5) is 18.9 Å². The van der Waals surface area contributed by atoms with Crippen molar-refractivity contribution in [2.75, 3.05) is 12.4 Å². The molecule has 0 aliphatic rings. The van der Waals surface area contributed by atoms with Gasteiger partial charge < -0.3 is 15.2 Å². The molecule has 2 N–H and O–H groups in total. The molecule has 0 saturated heterocycles. The standard InChI is InChI=1S/C16H14F3N3O3/c1-20-15(25)10-3-2-4-12(7-10)21-13(23)9-22-8-11(16(17,18)19)5-6-14(22)24/h2-8H,9H2,1H3,(H,20,25)(H,21,23). The van der Waals surface area contributed by atoms with Crippen molar-refractivity contribution < 1.29 is 22.8 Å². The number of hydrogen-bond acceptors (Lipinski definition) is 3. The van der Waals surface area contributed by atoms with Crippen molar-refractivity contribution in [3.63, 3.8) is 0 Å². The van der Waals surface area contributed by atoms with E-state index in [0.717, 1.165) is 6.07 Å². The predicted octanol–water partition coefficient (Wildman–Crippen LogP) is 1.87. The van der Waals surface area contributed by atoms with Crippen LogP contribution in [0.5, 0.6) is 0 Å². The number of halogens is 3. The number of nitrogens with zero attached hydrogens (tertiary/aromatic N) is 1. The van der Waals surface area contributed by atoms with E-state index in [9.17, 15) is 27.6 Å². The number of carbonyl (C=O) groups is 2. The number of anilines is 1. The fourth-order valence-corrected chi connectivity index (χ4v) is 2.06. The second kappa shape index (κ2) is 7.20. The normalized spacial score (nSPS) is 11.0. The van der Waals surface area contributed by atoms with E-state index in [4.69, 9.17) is 0 Å². The summed E-state index contributed by atoms with van der Waals surface area (Å²) in [6, 6.07) is 7.40. The minimum atomic E-state index is -4.62. The minimum absolute atomic E-state index is 0.283. The highest BCUT2D eigenvalue weighted by Gasteiger charge is 2.31. The van der Waals surface area contributed by atoms with Gasteiger partial charge in [-0.05, 0) is 24.3 Å². The lowest BCUT2D eigenvalue weighted by Gasteiger charge is -2.11. The Bertz CT molecular complexity index is 859. The largest absolute Gasteiger partial charge is 0.417 e. The summed E-state index contributed by atoms with van der Waals surface area (Å²) in [6.45, 7) is -0.590. The van der Waals surface area contributed by atoms with Crippen LogP contribution in [0.15, 0.2) is 47.4 Å². The lowest BCUT2D eigenvalue weighted by atomic mass is 10.2. The Balaban J connectivity index is 2.16. The van der Waals surface area contributed by atoms with Crippen LogP contribution < -0.4 is 16.2 Å². The molecule has 6 nitrogen and oxygen atoms in total. The van der Waals surface area contributed by atoms with E-state index in [1.807, 2.05) is 0 Å². The fraction of sp³-hybridized carbons (Fsp3) is 0.188. The molecule has 0 spiro atoms. The van der Waals surface area contributed by atoms with Crippen molar-refractivity contribution in [2.45, 2.75) is 12.7 Å². The molecular formula is C16H14F3N3O3. The molecule has 2 rings (SSSR count). The summed E-state index contributed by atoms with van der Waals surface area (Å²) in [5, 5.41) is 4.86.